The molecule has 0 amide bonds. The van der Waals surface area contributed by atoms with Gasteiger partial charge in [0.15, 0.2) is 6.61 Å². The largest absolute Gasteiger partial charge is 0.482 e. The van der Waals surface area contributed by atoms with E-state index in [1.54, 1.807) is 0 Å². The third-order valence-corrected chi connectivity index (χ3v) is 3.54. The molecule has 0 aromatic heterocycles. The zero-order chi connectivity index (χ0) is 17.5. The Morgan fingerprint density at radius 1 is 1.08 bits per heavy atom. The average molecular weight is 327 g/mol. The predicted molar refractivity (Wildman–Crippen MR) is 92.6 cm³/mol. The van der Waals surface area contributed by atoms with Gasteiger partial charge in [0.05, 0.1) is 5.56 Å². The van der Waals surface area contributed by atoms with Crippen LogP contribution in [-0.2, 0) is 9.63 Å². The Morgan fingerprint density at radius 2 is 1.71 bits per heavy atom. The lowest BCUT2D eigenvalue weighted by Crippen LogP contribution is -2.76. The number of hydrogen-bond acceptors (Lipinski definition) is 3. The number of nitrogens with two attached hydrogens (primary N) is 1. The Kier molecular flexibility index (Phi) is 5.95. The molecule has 0 bridgehead atoms. The van der Waals surface area contributed by atoms with Crippen molar-refractivity contribution in [1.29, 1.82) is 0 Å². The van der Waals surface area contributed by atoms with Crippen molar-refractivity contribution in [2.75, 3.05) is 6.61 Å². The number of ether oxygens (including phenoxy) is 1. The molecule has 0 fully saturated rings. The molecule has 2 rings (SSSR count). The smallest absolute Gasteiger partial charge is 0.394 e. The van der Waals surface area contributed by atoms with Gasteiger partial charge in [-0.1, -0.05) is 48.8 Å². The summed E-state index contributed by atoms with van der Waals surface area (Å²) in [5, 5.41) is 2.44. The highest BCUT2D eigenvalue weighted by molar-refractivity contribution is 5.92. The Labute approximate surface area is 142 Å². The Hall–Kier alpha value is -2.82. The van der Waals surface area contributed by atoms with E-state index in [2.05, 4.69) is 19.0 Å². The summed E-state index contributed by atoms with van der Waals surface area (Å²) in [6.45, 7) is 6.02. The molecule has 0 unspecified atom stereocenters. The number of aryl methyl sites for hydroxylation is 1. The SMILES string of the molecule is Cc1ccc(C(N)=[NH+]OC(=O)COc2ccc(C(C)C)cc2)cc1. The molecule has 126 valence electrons. The van der Waals surface area contributed by atoms with E-state index in [4.69, 9.17) is 15.3 Å². The maximum atomic E-state index is 11.7. The van der Waals surface area contributed by atoms with Crippen LogP contribution in [0.25, 0.3) is 0 Å². The highest BCUT2D eigenvalue weighted by Gasteiger charge is 2.09. The minimum atomic E-state index is -0.557. The lowest BCUT2D eigenvalue weighted by molar-refractivity contribution is -0.724. The molecule has 0 saturated carbocycles. The van der Waals surface area contributed by atoms with Crippen molar-refractivity contribution in [3.8, 4) is 5.75 Å². The van der Waals surface area contributed by atoms with Gasteiger partial charge >= 0.3 is 11.8 Å². The first-order valence-corrected chi connectivity index (χ1v) is 7.83. The molecule has 2 aromatic carbocycles. The van der Waals surface area contributed by atoms with Crippen LogP contribution in [0.1, 0.15) is 36.5 Å². The van der Waals surface area contributed by atoms with Crippen LogP contribution in [0, 0.1) is 6.92 Å². The topological polar surface area (TPSA) is 75.5 Å². The number of carbonyl (C=O) groups is 1. The molecule has 5 nitrogen and oxygen atoms in total. The normalized spacial score (nSPS) is 11.4. The molecule has 0 aliphatic rings. The number of hydrogen-bond donors (Lipinski definition) is 2. The van der Waals surface area contributed by atoms with E-state index >= 15 is 0 Å². The first kappa shape index (κ1) is 17.5. The summed E-state index contributed by atoms with van der Waals surface area (Å²) in [5.74, 6) is 0.781. The minimum absolute atomic E-state index is 0.199. The van der Waals surface area contributed by atoms with Crippen LogP contribution in [-0.4, -0.2) is 18.4 Å². The van der Waals surface area contributed by atoms with Gasteiger partial charge in [0.1, 0.15) is 5.75 Å². The third-order valence-electron chi connectivity index (χ3n) is 3.54. The van der Waals surface area contributed by atoms with E-state index in [0.29, 0.717) is 11.7 Å². The van der Waals surface area contributed by atoms with E-state index in [1.807, 2.05) is 55.5 Å². The zero-order valence-corrected chi connectivity index (χ0v) is 14.2. The molecule has 0 heterocycles. The van der Waals surface area contributed by atoms with Gasteiger partial charge in [-0.05, 0) is 42.7 Å². The van der Waals surface area contributed by atoms with Gasteiger partial charge in [0, 0.05) is 0 Å². The van der Waals surface area contributed by atoms with Gasteiger partial charge in [-0.3, -0.25) is 10.6 Å². The van der Waals surface area contributed by atoms with Crippen molar-refractivity contribution in [2.45, 2.75) is 26.7 Å². The third kappa shape index (κ3) is 5.12. The molecule has 0 atom stereocenters. The molecular weight excluding hydrogens is 304 g/mol. The number of nitrogens with one attached hydrogen (secondary N) is 1. The fourth-order valence-corrected chi connectivity index (χ4v) is 2.02. The quantitative estimate of drug-likeness (QED) is 0.364. The molecule has 0 saturated heterocycles. The average Bonchev–Trinajstić information content (AvgIpc) is 2.58. The first-order valence-electron chi connectivity index (χ1n) is 7.83. The Balaban J connectivity index is 1.84. The number of carbonyl (C=O) groups excluding carboxylic acids is 1. The fourth-order valence-electron chi connectivity index (χ4n) is 2.02. The van der Waals surface area contributed by atoms with Crippen molar-refractivity contribution in [3.63, 3.8) is 0 Å². The second kappa shape index (κ2) is 8.15. The molecule has 0 spiro atoms. The molecule has 2 aromatic rings. The van der Waals surface area contributed by atoms with E-state index in [9.17, 15) is 4.79 Å². The molecule has 24 heavy (non-hydrogen) atoms. The molecule has 5 heteroatoms. The maximum absolute atomic E-state index is 11.7. The van der Waals surface area contributed by atoms with Gasteiger partial charge in [-0.25, -0.2) is 4.79 Å². The summed E-state index contributed by atoms with van der Waals surface area (Å²) >= 11 is 0. The van der Waals surface area contributed by atoms with E-state index in [-0.39, 0.29) is 12.4 Å². The van der Waals surface area contributed by atoms with Crippen molar-refractivity contribution >= 4 is 11.8 Å². The van der Waals surface area contributed by atoms with Crippen LogP contribution < -0.4 is 15.6 Å². The number of benzene rings is 2. The number of amidine groups is 1. The van der Waals surface area contributed by atoms with Crippen LogP contribution >= 0.6 is 0 Å². The second-order valence-electron chi connectivity index (χ2n) is 5.87. The Bertz CT molecular complexity index is 704. The summed E-state index contributed by atoms with van der Waals surface area (Å²) in [7, 11) is 0. The van der Waals surface area contributed by atoms with E-state index in [1.165, 1.54) is 5.56 Å². The summed E-state index contributed by atoms with van der Waals surface area (Å²) in [6.07, 6.45) is 0. The zero-order valence-electron chi connectivity index (χ0n) is 14.2. The Morgan fingerprint density at radius 3 is 2.29 bits per heavy atom. The van der Waals surface area contributed by atoms with Crippen molar-refractivity contribution in [1.82, 2.24) is 0 Å². The van der Waals surface area contributed by atoms with Crippen LogP contribution in [0.3, 0.4) is 0 Å². The van der Waals surface area contributed by atoms with Crippen molar-refractivity contribution in [2.24, 2.45) is 5.73 Å². The van der Waals surface area contributed by atoms with Gasteiger partial charge in [-0.2, -0.15) is 0 Å². The first-order chi connectivity index (χ1) is 11.5. The summed E-state index contributed by atoms with van der Waals surface area (Å²) in [4.78, 5) is 16.6. The van der Waals surface area contributed by atoms with Crippen LogP contribution in [0.2, 0.25) is 0 Å². The lowest BCUT2D eigenvalue weighted by Gasteiger charge is -2.07. The standard InChI is InChI=1S/C19H22N2O3/c1-13(2)15-8-10-17(11-9-15)23-12-18(22)24-21-19(20)16-6-4-14(3)5-7-16/h4-11,13H,12H2,1-3H3,(H2,20,21)/p+1. The van der Waals surface area contributed by atoms with Gasteiger partial charge in [-0.15, -0.1) is 0 Å². The van der Waals surface area contributed by atoms with Crippen LogP contribution in [0.4, 0.5) is 0 Å². The molecule has 0 aliphatic carbocycles. The van der Waals surface area contributed by atoms with Gasteiger partial charge < -0.3 is 4.74 Å². The van der Waals surface area contributed by atoms with E-state index < -0.39 is 5.97 Å². The molecular formula is C19H23N2O3+. The summed E-state index contributed by atoms with van der Waals surface area (Å²) < 4.78 is 5.39. The number of rotatable bonds is 6. The maximum Gasteiger partial charge on any atom is 0.394 e. The number of nitrogen functional groups attached to an aromatic ring is 1. The summed E-state index contributed by atoms with van der Waals surface area (Å²) in [5.41, 5.74) is 8.92. The van der Waals surface area contributed by atoms with Crippen LogP contribution in [0.5, 0.6) is 5.75 Å². The highest BCUT2D eigenvalue weighted by Crippen LogP contribution is 2.18. The molecule has 0 aliphatic heterocycles. The predicted octanol–water partition coefficient (Wildman–Crippen LogP) is 1.44. The fraction of sp³-hybridized carbons (Fsp3) is 0.263. The summed E-state index contributed by atoms with van der Waals surface area (Å²) in [6, 6.07) is 15.2. The highest BCUT2D eigenvalue weighted by atomic mass is 16.7. The monoisotopic (exact) mass is 327 g/mol. The molecule has 0 radical (unpaired) electrons. The molecule has 3 N–H and O–H groups in total. The second-order valence-corrected chi connectivity index (χ2v) is 5.87. The van der Waals surface area contributed by atoms with Crippen molar-refractivity contribution < 1.29 is 19.5 Å². The van der Waals surface area contributed by atoms with Crippen molar-refractivity contribution in [3.05, 3.63) is 65.2 Å². The minimum Gasteiger partial charge on any atom is -0.482 e. The lowest BCUT2D eigenvalue weighted by atomic mass is 10.0. The van der Waals surface area contributed by atoms with E-state index in [0.717, 1.165) is 11.1 Å². The van der Waals surface area contributed by atoms with Gasteiger partial charge in [0.2, 0.25) is 0 Å². The van der Waals surface area contributed by atoms with Gasteiger partial charge in [0.25, 0.3) is 0 Å². The van der Waals surface area contributed by atoms with Crippen LogP contribution in [0.15, 0.2) is 48.5 Å².